The largest absolute Gasteiger partial charge is 0 e. The fourth-order valence-corrected chi connectivity index (χ4v) is 1.31. The second kappa shape index (κ2) is 15.1. The normalized spacial score (nSPS) is 15.5. The fraction of sp³-hybridized carbons (Fsp3) is 0.846. The van der Waals surface area contributed by atoms with Crippen LogP contribution in [-0.2, 0) is 21.4 Å². The zero-order valence-corrected chi connectivity index (χ0v) is 14.9. The molecule has 0 heterocycles. The average molecular weight is 510 g/mol. The molecule has 0 bridgehead atoms. The van der Waals surface area contributed by atoms with E-state index in [0.717, 1.165) is 0 Å². The first-order valence-corrected chi connectivity index (χ1v) is 6.93. The van der Waals surface area contributed by atoms with Crippen LogP contribution in [0.4, 0.5) is 61.5 Å². The summed E-state index contributed by atoms with van der Waals surface area (Å²) in [6, 6.07) is 0. The van der Waals surface area contributed by atoms with Crippen LogP contribution >= 0.6 is 0 Å². The molecule has 16 heteroatoms. The van der Waals surface area contributed by atoms with E-state index in [9.17, 15) is 61.5 Å². The molecule has 0 aromatic rings. The molecule has 0 spiro atoms. The van der Waals surface area contributed by atoms with Crippen molar-refractivity contribution in [2.45, 2.75) is 69.1 Å². The van der Waals surface area contributed by atoms with Crippen molar-refractivity contribution in [3.05, 3.63) is 13.1 Å². The molecular weight excluding hydrogens is 497 g/mol. The van der Waals surface area contributed by atoms with Crippen LogP contribution in [0.3, 0.4) is 0 Å². The minimum Gasteiger partial charge on any atom is 0 e. The molecule has 1 saturated carbocycles. The van der Waals surface area contributed by atoms with Crippen LogP contribution < -0.4 is 0 Å². The van der Waals surface area contributed by atoms with Gasteiger partial charge in [-0.1, -0.05) is 32.1 Å². The number of hydrogen-bond acceptors (Lipinski definition) is 0. The summed E-state index contributed by atoms with van der Waals surface area (Å²) < 4.78 is 162. The summed E-state index contributed by atoms with van der Waals surface area (Å²) in [7, 11) is 0. The van der Waals surface area contributed by atoms with E-state index in [1.54, 1.807) is 0 Å². The van der Waals surface area contributed by atoms with Gasteiger partial charge in [-0.25, -0.2) is 13.2 Å². The Morgan fingerprint density at radius 2 is 1.00 bits per heavy atom. The van der Waals surface area contributed by atoms with Crippen LogP contribution in [0.25, 0.3) is 0 Å². The van der Waals surface area contributed by atoms with Gasteiger partial charge in [0.1, 0.15) is 0 Å². The van der Waals surface area contributed by atoms with Crippen LogP contribution in [0, 0.1) is 13.1 Å². The van der Waals surface area contributed by atoms with Crippen molar-refractivity contribution in [2.75, 3.05) is 0 Å². The molecule has 1 aliphatic rings. The Morgan fingerprint density at radius 3 is 1.07 bits per heavy atom. The average Bonchev–Trinajstić information content (AvgIpc) is 3.05. The topological polar surface area (TPSA) is 19.9 Å². The number of hydrogen-bond donors (Lipinski definition) is 0. The molecule has 179 valence electrons. The van der Waals surface area contributed by atoms with E-state index >= 15 is 0 Å². The fourth-order valence-electron chi connectivity index (χ4n) is 1.31. The maximum atomic E-state index is 11.6. The van der Waals surface area contributed by atoms with Crippen LogP contribution in [0.1, 0.15) is 38.5 Å². The third kappa shape index (κ3) is 19.0. The summed E-state index contributed by atoms with van der Waals surface area (Å²) in [6.45, 7) is 4.50. The van der Waals surface area contributed by atoms with Crippen molar-refractivity contribution < 1.29 is 82.9 Å². The van der Waals surface area contributed by atoms with Gasteiger partial charge in [0.15, 0.2) is 0 Å². The number of halogens is 14. The van der Waals surface area contributed by atoms with Crippen molar-refractivity contribution in [3.8, 4) is 0 Å². The molecule has 1 unspecified atom stereocenters. The molecule has 0 N–H and O–H groups in total. The Bertz CT molecular complexity index is 401. The summed E-state index contributed by atoms with van der Waals surface area (Å²) in [4.78, 5) is 0. The molecule has 1 rings (SSSR count). The molecule has 1 nitrogen and oxygen atoms in total. The maximum Gasteiger partial charge on any atom is 0 e. The zero-order valence-electron chi connectivity index (χ0n) is 13.9. The van der Waals surface area contributed by atoms with Crippen LogP contribution in [0.5, 0.6) is 0 Å². The number of rotatable bonds is 2. The predicted molar refractivity (Wildman–Crippen MR) is 65.1 cm³/mol. The van der Waals surface area contributed by atoms with E-state index in [2.05, 4.69) is 6.65 Å². The van der Waals surface area contributed by atoms with E-state index in [4.69, 9.17) is 4.65 Å². The number of alkyl halides is 12. The van der Waals surface area contributed by atoms with E-state index in [-0.39, 0.29) is 16.8 Å². The van der Waals surface area contributed by atoms with Gasteiger partial charge in [-0.15, -0.1) is 0 Å². The first-order chi connectivity index (χ1) is 12.3. The minimum atomic E-state index is -6.20. The Balaban J connectivity index is -0.000000159. The Hall–Kier alpha value is -0.734. The summed E-state index contributed by atoms with van der Waals surface area (Å²) >= 11 is 0. The molecule has 1 fully saturated rings. The van der Waals surface area contributed by atoms with Gasteiger partial charge in [-0.2, -0.15) is 39.5 Å². The maximum absolute atomic E-state index is 11.6. The predicted octanol–water partition coefficient (Wildman–Crippen LogP) is 7.36. The van der Waals surface area contributed by atoms with Crippen molar-refractivity contribution >= 4 is 0 Å². The van der Waals surface area contributed by atoms with Crippen molar-refractivity contribution in [1.82, 2.24) is 0 Å². The van der Waals surface area contributed by atoms with Crippen LogP contribution in [0.2, 0.25) is 0 Å². The van der Waals surface area contributed by atoms with Crippen molar-refractivity contribution in [3.63, 3.8) is 0 Å². The van der Waals surface area contributed by atoms with Gasteiger partial charge in [0.05, 0.1) is 12.8 Å². The third-order valence-electron chi connectivity index (χ3n) is 2.61. The van der Waals surface area contributed by atoms with E-state index in [1.165, 1.54) is 32.1 Å². The standard InChI is InChI=1S/C5H10.C4H3F7.C3F7.CO.Co/c1-2-4-5-3-1;5-2(4(9,10)11)1-3(6,7)8;4-1(5)2(6,7)3(8,9)10;1-2;/h1-5H2;2H,1H2;;;/q;;-1;;. The first kappa shape index (κ1) is 35.7. The van der Waals surface area contributed by atoms with Crippen molar-refractivity contribution in [1.29, 1.82) is 0 Å². The zero-order chi connectivity index (χ0) is 23.4. The Kier molecular flexibility index (Phi) is 18.6. The Morgan fingerprint density at radius 1 is 0.724 bits per heavy atom. The molecular formula is C13H13CoF14O-. The van der Waals surface area contributed by atoms with E-state index in [1.807, 2.05) is 0 Å². The molecule has 1 radical (unpaired) electrons. The Labute approximate surface area is 166 Å². The SMILES string of the molecule is C1CCCC1.FC(CC(F)(F)F)C(F)(F)F.F[C-](F)C(F)(F)C(F)(F)F.[C-]#[O+].[Co]. The van der Waals surface area contributed by atoms with E-state index < -0.39 is 43.5 Å². The smallest absolute Gasteiger partial charge is 0 e. The molecule has 0 aromatic heterocycles. The summed E-state index contributed by atoms with van der Waals surface area (Å²) in [6.07, 6.45) is -19.5. The summed E-state index contributed by atoms with van der Waals surface area (Å²) in [5.41, 5.74) is 0. The van der Waals surface area contributed by atoms with Crippen LogP contribution in [0.15, 0.2) is 0 Å². The quantitative estimate of drug-likeness (QED) is 0.210. The molecule has 0 saturated heterocycles. The van der Waals surface area contributed by atoms with Crippen LogP contribution in [-0.4, -0.2) is 30.6 Å². The van der Waals surface area contributed by atoms with Gasteiger partial charge in [-0.05, 0) is 0 Å². The van der Waals surface area contributed by atoms with E-state index in [0.29, 0.717) is 0 Å². The second-order valence-electron chi connectivity index (χ2n) is 4.93. The van der Waals surface area contributed by atoms with Crippen molar-refractivity contribution in [2.24, 2.45) is 0 Å². The third-order valence-corrected chi connectivity index (χ3v) is 2.61. The van der Waals surface area contributed by atoms with Gasteiger partial charge in [0, 0.05) is 16.8 Å². The monoisotopic (exact) mass is 510 g/mol. The van der Waals surface area contributed by atoms with Gasteiger partial charge in [0.25, 0.3) is 5.92 Å². The van der Waals surface area contributed by atoms with Gasteiger partial charge in [0.2, 0.25) is 6.17 Å². The molecule has 29 heavy (non-hydrogen) atoms. The molecule has 1 aliphatic carbocycles. The minimum absolute atomic E-state index is 0. The molecule has 0 aromatic carbocycles. The van der Waals surface area contributed by atoms with Gasteiger partial charge >= 0.3 is 29.8 Å². The molecule has 0 aliphatic heterocycles. The van der Waals surface area contributed by atoms with Gasteiger partial charge < -0.3 is 8.78 Å². The summed E-state index contributed by atoms with van der Waals surface area (Å²) in [5, 5.41) is 0. The molecule has 1 atom stereocenters. The van der Waals surface area contributed by atoms with Gasteiger partial charge in [-0.3, -0.25) is 0 Å². The first-order valence-electron chi connectivity index (χ1n) is 6.93. The second-order valence-corrected chi connectivity index (χ2v) is 4.93. The molecule has 0 amide bonds. The summed E-state index contributed by atoms with van der Waals surface area (Å²) in [5.74, 6) is -5.98.